The predicted octanol–water partition coefficient (Wildman–Crippen LogP) is 3.62. The fourth-order valence-electron chi connectivity index (χ4n) is 7.50. The number of alkyl halides is 3. The van der Waals surface area contributed by atoms with Crippen molar-refractivity contribution in [3.05, 3.63) is 59.2 Å². The predicted molar refractivity (Wildman–Crippen MR) is 132 cm³/mol. The van der Waals surface area contributed by atoms with Gasteiger partial charge in [-0.15, -0.1) is 13.2 Å². The van der Waals surface area contributed by atoms with E-state index in [2.05, 4.69) is 9.64 Å². The summed E-state index contributed by atoms with van der Waals surface area (Å²) in [4.78, 5) is 17.1. The summed E-state index contributed by atoms with van der Waals surface area (Å²) in [6, 6.07) is 8.15. The number of aromatic hydroxyl groups is 1. The molecule has 10 heteroatoms. The van der Waals surface area contributed by atoms with Crippen LogP contribution in [0.1, 0.15) is 36.0 Å². The number of hydrogen-bond acceptors (Lipinski definition) is 6. The van der Waals surface area contributed by atoms with E-state index in [0.29, 0.717) is 37.0 Å². The molecule has 0 aromatic heterocycles. The van der Waals surface area contributed by atoms with Crippen LogP contribution in [0.25, 0.3) is 6.08 Å². The van der Waals surface area contributed by atoms with E-state index in [1.165, 1.54) is 30.4 Å². The summed E-state index contributed by atoms with van der Waals surface area (Å²) in [7, 11) is 3.63. The molecule has 7 nitrogen and oxygen atoms in total. The summed E-state index contributed by atoms with van der Waals surface area (Å²) in [6.45, 7) is 0.752. The molecule has 1 saturated carbocycles. The Bertz CT molecular complexity index is 1330. The molecule has 6 rings (SSSR count). The van der Waals surface area contributed by atoms with E-state index in [-0.39, 0.29) is 29.6 Å². The Balaban J connectivity index is 1.33. The van der Waals surface area contributed by atoms with Gasteiger partial charge in [-0.05, 0) is 74.7 Å². The van der Waals surface area contributed by atoms with Crippen LogP contribution in [0.5, 0.6) is 17.2 Å². The third-order valence-corrected chi connectivity index (χ3v) is 9.04. The van der Waals surface area contributed by atoms with E-state index < -0.39 is 23.4 Å². The number of benzene rings is 2. The maximum atomic E-state index is 13.4. The number of carbonyl (C=O) groups excluding carboxylic acids is 1. The van der Waals surface area contributed by atoms with Gasteiger partial charge in [0, 0.05) is 24.7 Å². The first-order valence-electron chi connectivity index (χ1n) is 12.7. The summed E-state index contributed by atoms with van der Waals surface area (Å²) in [5.74, 6) is -0.233. The first-order chi connectivity index (χ1) is 18.0. The Hall–Kier alpha value is -3.24. The zero-order valence-corrected chi connectivity index (χ0v) is 21.0. The lowest BCUT2D eigenvalue weighted by atomic mass is 9.47. The van der Waals surface area contributed by atoms with Gasteiger partial charge in [-0.25, -0.2) is 0 Å². The van der Waals surface area contributed by atoms with Crippen molar-refractivity contribution in [1.82, 2.24) is 9.80 Å². The van der Waals surface area contributed by atoms with Crippen molar-refractivity contribution in [3.63, 3.8) is 0 Å². The molecule has 0 radical (unpaired) electrons. The smallest absolute Gasteiger partial charge is 0.504 e. The van der Waals surface area contributed by atoms with Gasteiger partial charge >= 0.3 is 6.36 Å². The van der Waals surface area contributed by atoms with Crippen LogP contribution in [-0.4, -0.2) is 76.7 Å². The molecule has 2 bridgehead atoms. The van der Waals surface area contributed by atoms with Gasteiger partial charge in [-0.2, -0.15) is 0 Å². The quantitative estimate of drug-likeness (QED) is 0.588. The number of likely N-dealkylation sites (N-methyl/N-ethyl adjacent to an activating group) is 2. The second-order valence-corrected chi connectivity index (χ2v) is 10.8. The first kappa shape index (κ1) is 25.1. The Labute approximate surface area is 218 Å². The van der Waals surface area contributed by atoms with Gasteiger partial charge in [0.1, 0.15) is 17.5 Å². The molecule has 2 aliphatic carbocycles. The molecule has 0 unspecified atom stereocenters. The highest BCUT2D eigenvalue weighted by molar-refractivity contribution is 5.92. The van der Waals surface area contributed by atoms with E-state index >= 15 is 0 Å². The van der Waals surface area contributed by atoms with E-state index in [4.69, 9.17) is 4.74 Å². The van der Waals surface area contributed by atoms with Crippen LogP contribution in [0, 0.1) is 0 Å². The van der Waals surface area contributed by atoms with Crippen molar-refractivity contribution < 1.29 is 37.7 Å². The fraction of sp³-hybridized carbons (Fsp3) is 0.464. The minimum atomic E-state index is -4.81. The second kappa shape index (κ2) is 8.38. The van der Waals surface area contributed by atoms with E-state index in [0.717, 1.165) is 17.7 Å². The molecule has 2 N–H and O–H groups in total. The molecule has 5 atom stereocenters. The van der Waals surface area contributed by atoms with Gasteiger partial charge < -0.3 is 29.5 Å². The molecule has 1 amide bonds. The average molecular weight is 531 g/mol. The standard InChI is InChI=1S/C28H29F3N2O5/c1-32-13-12-26-22-10-9-20(27(26,36)21(32)15-17-7-8-19(34)25(37-22)24(17)26)33(2)23(35)11-6-16-4-3-5-18(14-16)38-28(29,30)31/h3-8,11,14,20-22,34,36H,9-10,12-13,15H2,1-2H3/t20-,21+,22-,26+,27+/m0/s1. The van der Waals surface area contributed by atoms with Gasteiger partial charge in [0.15, 0.2) is 11.5 Å². The van der Waals surface area contributed by atoms with E-state index in [1.54, 1.807) is 24.1 Å². The number of aliphatic hydroxyl groups is 1. The normalized spacial score (nSPS) is 31.6. The minimum absolute atomic E-state index is 0.0629. The highest BCUT2D eigenvalue weighted by Gasteiger charge is 2.74. The summed E-state index contributed by atoms with van der Waals surface area (Å²) < 4.78 is 48.1. The zero-order valence-electron chi connectivity index (χ0n) is 21.0. The third-order valence-electron chi connectivity index (χ3n) is 9.04. The Morgan fingerprint density at radius 1 is 1.26 bits per heavy atom. The van der Waals surface area contributed by atoms with Crippen LogP contribution in [0.2, 0.25) is 0 Å². The number of phenolic OH excluding ortho intramolecular Hbond substituents is 1. The minimum Gasteiger partial charge on any atom is -0.504 e. The number of likely N-dealkylation sites (tertiary alicyclic amines) is 1. The molecule has 2 aromatic rings. The molecule has 2 heterocycles. The molecule has 2 aliphatic heterocycles. The van der Waals surface area contributed by atoms with E-state index in [1.807, 2.05) is 13.1 Å². The lowest BCUT2D eigenvalue weighted by Crippen LogP contribution is -2.81. The zero-order chi connectivity index (χ0) is 27.0. The maximum Gasteiger partial charge on any atom is 0.573 e. The van der Waals surface area contributed by atoms with Gasteiger partial charge in [-0.3, -0.25) is 4.79 Å². The van der Waals surface area contributed by atoms with Gasteiger partial charge in [-0.1, -0.05) is 18.2 Å². The summed E-state index contributed by atoms with van der Waals surface area (Å²) in [5, 5.41) is 23.3. The van der Waals surface area contributed by atoms with Gasteiger partial charge in [0.2, 0.25) is 5.91 Å². The van der Waals surface area contributed by atoms with Crippen molar-refractivity contribution in [1.29, 1.82) is 0 Å². The third kappa shape index (κ3) is 3.46. The van der Waals surface area contributed by atoms with Crippen LogP contribution < -0.4 is 9.47 Å². The highest BCUT2D eigenvalue weighted by Crippen LogP contribution is 2.65. The Morgan fingerprint density at radius 2 is 2.05 bits per heavy atom. The van der Waals surface area contributed by atoms with Crippen LogP contribution in [0.15, 0.2) is 42.5 Å². The van der Waals surface area contributed by atoms with Gasteiger partial charge in [0.25, 0.3) is 0 Å². The number of rotatable bonds is 4. The second-order valence-electron chi connectivity index (χ2n) is 10.8. The van der Waals surface area contributed by atoms with Crippen molar-refractivity contribution in [3.8, 4) is 17.2 Å². The van der Waals surface area contributed by atoms with Crippen LogP contribution in [0.3, 0.4) is 0 Å². The Kier molecular flexibility index (Phi) is 5.53. The number of hydrogen-bond donors (Lipinski definition) is 2. The number of amides is 1. The highest BCUT2D eigenvalue weighted by atomic mass is 19.4. The molecular weight excluding hydrogens is 501 g/mol. The van der Waals surface area contributed by atoms with Crippen molar-refractivity contribution in [2.75, 3.05) is 20.6 Å². The van der Waals surface area contributed by atoms with E-state index in [9.17, 15) is 28.2 Å². The molecule has 2 aromatic carbocycles. The molecule has 2 fully saturated rings. The molecule has 4 aliphatic rings. The molecule has 1 saturated heterocycles. The largest absolute Gasteiger partial charge is 0.573 e. The van der Waals surface area contributed by atoms with Crippen LogP contribution in [0.4, 0.5) is 13.2 Å². The maximum absolute atomic E-state index is 13.4. The molecular formula is C28H29F3N2O5. The lowest BCUT2D eigenvalue weighted by Gasteiger charge is -2.66. The number of ether oxygens (including phenoxy) is 2. The average Bonchev–Trinajstić information content (AvgIpc) is 3.20. The van der Waals surface area contributed by atoms with Crippen LogP contribution in [-0.2, 0) is 16.6 Å². The summed E-state index contributed by atoms with van der Waals surface area (Å²) >= 11 is 0. The van der Waals surface area contributed by atoms with Crippen molar-refractivity contribution >= 4 is 12.0 Å². The first-order valence-corrected chi connectivity index (χ1v) is 12.7. The monoisotopic (exact) mass is 530 g/mol. The number of piperidine rings is 1. The van der Waals surface area contributed by atoms with Gasteiger partial charge in [0.05, 0.1) is 11.5 Å². The number of carbonyl (C=O) groups is 1. The van der Waals surface area contributed by atoms with Crippen molar-refractivity contribution in [2.24, 2.45) is 0 Å². The lowest BCUT2D eigenvalue weighted by molar-refractivity contribution is -0.274. The molecule has 38 heavy (non-hydrogen) atoms. The molecule has 1 spiro atoms. The SMILES string of the molecule is CN1CC[C@]23c4c5ccc(O)c4O[C@H]2CC[C@H](N(C)C(=O)C=Cc2cccc(OC(F)(F)F)c2)[C@@]3(O)[C@H]1C5. The summed E-state index contributed by atoms with van der Waals surface area (Å²) in [6.07, 6.45) is -0.0723. The Morgan fingerprint density at radius 3 is 2.82 bits per heavy atom. The van der Waals surface area contributed by atoms with Crippen LogP contribution >= 0.6 is 0 Å². The molecule has 202 valence electrons. The topological polar surface area (TPSA) is 82.5 Å². The number of halogens is 3. The fourth-order valence-corrected chi connectivity index (χ4v) is 7.50. The number of phenols is 1. The number of nitrogens with zero attached hydrogens (tertiary/aromatic N) is 2. The summed E-state index contributed by atoms with van der Waals surface area (Å²) in [5.41, 5.74) is 0.222. The van der Waals surface area contributed by atoms with Crippen molar-refractivity contribution in [2.45, 2.75) is 61.2 Å².